The summed E-state index contributed by atoms with van der Waals surface area (Å²) in [6.07, 6.45) is 6.14. The Morgan fingerprint density at radius 1 is 1.35 bits per heavy atom. The van der Waals surface area contributed by atoms with Crippen LogP contribution in [0.2, 0.25) is 0 Å². The van der Waals surface area contributed by atoms with Crippen LogP contribution in [0, 0.1) is 0 Å². The number of anilines is 1. The molecule has 0 bridgehead atoms. The van der Waals surface area contributed by atoms with Crippen LogP contribution < -0.4 is 4.90 Å². The van der Waals surface area contributed by atoms with Gasteiger partial charge >= 0.3 is 0 Å². The van der Waals surface area contributed by atoms with E-state index in [0.717, 1.165) is 35.4 Å². The van der Waals surface area contributed by atoms with Crippen LogP contribution in [-0.4, -0.2) is 33.0 Å². The monoisotopic (exact) mass is 338 g/mol. The summed E-state index contributed by atoms with van der Waals surface area (Å²) in [6.45, 7) is 8.56. The van der Waals surface area contributed by atoms with Crippen molar-refractivity contribution in [2.24, 2.45) is 0 Å². The minimum atomic E-state index is 0.433. The zero-order valence-corrected chi connectivity index (χ0v) is 14.1. The highest BCUT2D eigenvalue weighted by atomic mass is 79.9. The van der Waals surface area contributed by atoms with E-state index in [-0.39, 0.29) is 0 Å². The fourth-order valence-electron chi connectivity index (χ4n) is 2.23. The molecular formula is C15H23BrN4. The van der Waals surface area contributed by atoms with E-state index in [2.05, 4.69) is 57.8 Å². The van der Waals surface area contributed by atoms with Gasteiger partial charge < -0.3 is 4.90 Å². The van der Waals surface area contributed by atoms with Gasteiger partial charge in [-0.05, 0) is 18.4 Å². The van der Waals surface area contributed by atoms with Crippen molar-refractivity contribution in [3.63, 3.8) is 0 Å². The summed E-state index contributed by atoms with van der Waals surface area (Å²) in [5, 5.41) is 5.58. The Morgan fingerprint density at radius 3 is 2.80 bits per heavy atom. The van der Waals surface area contributed by atoms with Crippen molar-refractivity contribution in [3.05, 3.63) is 24.2 Å². The maximum absolute atomic E-state index is 4.63. The lowest BCUT2D eigenvalue weighted by Gasteiger charge is -2.23. The van der Waals surface area contributed by atoms with E-state index >= 15 is 0 Å². The molecule has 0 spiro atoms. The zero-order chi connectivity index (χ0) is 14.5. The lowest BCUT2D eigenvalue weighted by molar-refractivity contribution is 0.726. The predicted molar refractivity (Wildman–Crippen MR) is 88.0 cm³/mol. The van der Waals surface area contributed by atoms with E-state index in [4.69, 9.17) is 0 Å². The topological polar surface area (TPSA) is 33.4 Å². The highest BCUT2D eigenvalue weighted by Crippen LogP contribution is 2.23. The summed E-state index contributed by atoms with van der Waals surface area (Å²) < 4.78 is 1.95. The molecule has 0 aliphatic carbocycles. The largest absolute Gasteiger partial charge is 0.354 e. The second-order valence-corrected chi connectivity index (χ2v) is 6.13. The molecule has 0 aliphatic heterocycles. The van der Waals surface area contributed by atoms with Crippen LogP contribution in [0.25, 0.3) is 5.52 Å². The van der Waals surface area contributed by atoms with Crippen molar-refractivity contribution in [2.75, 3.05) is 23.3 Å². The molecule has 0 N–H and O–H groups in total. The molecule has 0 atom stereocenters. The minimum absolute atomic E-state index is 0.433. The molecule has 2 aromatic heterocycles. The first kappa shape index (κ1) is 15.3. The average Bonchev–Trinajstić information content (AvgIpc) is 2.87. The van der Waals surface area contributed by atoms with Crippen LogP contribution in [0.15, 0.2) is 18.5 Å². The van der Waals surface area contributed by atoms with E-state index in [1.807, 2.05) is 16.9 Å². The average molecular weight is 339 g/mol. The summed E-state index contributed by atoms with van der Waals surface area (Å²) in [5.41, 5.74) is 2.22. The molecule has 0 saturated carbocycles. The second kappa shape index (κ2) is 7.07. The minimum Gasteiger partial charge on any atom is -0.354 e. The van der Waals surface area contributed by atoms with Crippen molar-refractivity contribution >= 4 is 27.3 Å². The quantitative estimate of drug-likeness (QED) is 0.719. The normalized spacial score (nSPS) is 11.4. The lowest BCUT2D eigenvalue weighted by Crippen LogP contribution is -2.27. The molecule has 0 fully saturated rings. The lowest BCUT2D eigenvalue weighted by atomic mass is 10.1. The van der Waals surface area contributed by atoms with Crippen LogP contribution in [-0.2, 0) is 0 Å². The fourth-order valence-corrected chi connectivity index (χ4v) is 2.66. The number of unbranched alkanes of at least 4 members (excludes halogenated alkanes) is 1. The van der Waals surface area contributed by atoms with Gasteiger partial charge in [-0.1, -0.05) is 43.1 Å². The van der Waals surface area contributed by atoms with Gasteiger partial charge in [-0.25, -0.2) is 9.50 Å². The fraction of sp³-hybridized carbons (Fsp3) is 0.600. The number of hydrogen-bond acceptors (Lipinski definition) is 3. The Bertz CT molecular complexity index is 550. The molecule has 0 saturated heterocycles. The Morgan fingerprint density at radius 2 is 2.15 bits per heavy atom. The van der Waals surface area contributed by atoms with E-state index in [0.29, 0.717) is 5.92 Å². The highest BCUT2D eigenvalue weighted by molar-refractivity contribution is 9.09. The summed E-state index contributed by atoms with van der Waals surface area (Å²) >= 11 is 3.54. The number of fused-ring (bicyclic) bond motifs is 1. The van der Waals surface area contributed by atoms with Crippen molar-refractivity contribution in [1.29, 1.82) is 0 Å². The molecule has 20 heavy (non-hydrogen) atoms. The number of alkyl halides is 1. The van der Waals surface area contributed by atoms with Crippen LogP contribution in [0.4, 0.5) is 5.82 Å². The Hall–Kier alpha value is -1.10. The Labute approximate surface area is 129 Å². The predicted octanol–water partition coefficient (Wildman–Crippen LogP) is 3.85. The van der Waals surface area contributed by atoms with Gasteiger partial charge in [-0.15, -0.1) is 0 Å². The van der Waals surface area contributed by atoms with Gasteiger partial charge in [-0.2, -0.15) is 5.10 Å². The number of aromatic nitrogens is 3. The molecule has 110 valence electrons. The molecule has 2 aromatic rings. The molecule has 0 amide bonds. The Balaban J connectivity index is 2.39. The summed E-state index contributed by atoms with van der Waals surface area (Å²) in [6, 6.07) is 2.17. The molecule has 0 aromatic carbocycles. The standard InChI is InChI=1S/C15H23BrN4/c1-4-5-8-19(9-6-16)15-14-11-13(12(2)3)18-20(14)10-7-17-15/h7,10-12H,4-6,8-9H2,1-3H3. The molecule has 5 heteroatoms. The third-order valence-electron chi connectivity index (χ3n) is 3.42. The number of halogens is 1. The van der Waals surface area contributed by atoms with Crippen LogP contribution in [0.1, 0.15) is 45.2 Å². The number of rotatable bonds is 7. The number of nitrogens with zero attached hydrogens (tertiary/aromatic N) is 4. The van der Waals surface area contributed by atoms with Gasteiger partial charge in [0.15, 0.2) is 5.82 Å². The second-order valence-electron chi connectivity index (χ2n) is 5.33. The maximum atomic E-state index is 4.63. The SMILES string of the molecule is CCCCN(CCBr)c1nccn2nc(C(C)C)cc12. The third kappa shape index (κ3) is 3.32. The summed E-state index contributed by atoms with van der Waals surface area (Å²) in [4.78, 5) is 6.94. The van der Waals surface area contributed by atoms with Gasteiger partial charge in [0, 0.05) is 30.8 Å². The maximum Gasteiger partial charge on any atom is 0.154 e. The molecule has 0 aliphatic rings. The summed E-state index contributed by atoms with van der Waals surface area (Å²) in [5.74, 6) is 1.47. The summed E-state index contributed by atoms with van der Waals surface area (Å²) in [7, 11) is 0. The molecule has 0 radical (unpaired) electrons. The van der Waals surface area contributed by atoms with Gasteiger partial charge in [0.2, 0.25) is 0 Å². The van der Waals surface area contributed by atoms with Crippen LogP contribution >= 0.6 is 15.9 Å². The van der Waals surface area contributed by atoms with Gasteiger partial charge in [0.05, 0.1) is 5.69 Å². The van der Waals surface area contributed by atoms with Crippen LogP contribution in [0.5, 0.6) is 0 Å². The molecule has 2 heterocycles. The Kier molecular flexibility index (Phi) is 5.40. The zero-order valence-electron chi connectivity index (χ0n) is 12.5. The van der Waals surface area contributed by atoms with Gasteiger partial charge in [0.1, 0.15) is 5.52 Å². The first-order chi connectivity index (χ1) is 9.67. The third-order valence-corrected chi connectivity index (χ3v) is 3.77. The number of hydrogen-bond donors (Lipinski definition) is 0. The van der Waals surface area contributed by atoms with E-state index in [9.17, 15) is 0 Å². The molecule has 4 nitrogen and oxygen atoms in total. The van der Waals surface area contributed by atoms with Gasteiger partial charge in [-0.3, -0.25) is 0 Å². The van der Waals surface area contributed by atoms with Crippen molar-refractivity contribution < 1.29 is 0 Å². The highest BCUT2D eigenvalue weighted by Gasteiger charge is 2.14. The molecule has 0 unspecified atom stereocenters. The van der Waals surface area contributed by atoms with Crippen molar-refractivity contribution in [2.45, 2.75) is 39.5 Å². The van der Waals surface area contributed by atoms with E-state index < -0.39 is 0 Å². The first-order valence-electron chi connectivity index (χ1n) is 7.32. The van der Waals surface area contributed by atoms with E-state index in [1.54, 1.807) is 0 Å². The van der Waals surface area contributed by atoms with Gasteiger partial charge in [0.25, 0.3) is 0 Å². The van der Waals surface area contributed by atoms with Crippen molar-refractivity contribution in [1.82, 2.24) is 14.6 Å². The van der Waals surface area contributed by atoms with E-state index in [1.165, 1.54) is 12.8 Å². The van der Waals surface area contributed by atoms with Crippen molar-refractivity contribution in [3.8, 4) is 0 Å². The van der Waals surface area contributed by atoms with Crippen LogP contribution in [0.3, 0.4) is 0 Å². The first-order valence-corrected chi connectivity index (χ1v) is 8.44. The smallest absolute Gasteiger partial charge is 0.154 e. The molecule has 2 rings (SSSR count). The molecular weight excluding hydrogens is 316 g/mol.